The second-order valence-corrected chi connectivity index (χ2v) is 8.32. The summed E-state index contributed by atoms with van der Waals surface area (Å²) in [6, 6.07) is 15.7. The lowest BCUT2D eigenvalue weighted by Gasteiger charge is -2.21. The summed E-state index contributed by atoms with van der Waals surface area (Å²) in [5, 5.41) is 10.8. The molecule has 0 aliphatic carbocycles. The van der Waals surface area contributed by atoms with Crippen molar-refractivity contribution in [2.24, 2.45) is 0 Å². The first-order valence-corrected chi connectivity index (χ1v) is 10.7. The summed E-state index contributed by atoms with van der Waals surface area (Å²) in [5.74, 6) is -0.443. The number of ether oxygens (including phenoxy) is 2. The highest BCUT2D eigenvalue weighted by molar-refractivity contribution is 6.32. The Kier molecular flexibility index (Phi) is 6.04. The van der Waals surface area contributed by atoms with Crippen LogP contribution in [0.25, 0.3) is 27.8 Å². The fraction of sp³-hybridized carbons (Fsp3) is 0.292. The molecule has 0 unspecified atom stereocenters. The van der Waals surface area contributed by atoms with E-state index >= 15 is 0 Å². The summed E-state index contributed by atoms with van der Waals surface area (Å²) in [4.78, 5) is 12.0. The molecule has 0 bridgehead atoms. The van der Waals surface area contributed by atoms with Gasteiger partial charge in [-0.05, 0) is 45.0 Å². The number of methoxy groups -OCH3 is 1. The molecule has 0 aliphatic rings. The maximum Gasteiger partial charge on any atom is 0.337 e. The van der Waals surface area contributed by atoms with Crippen LogP contribution in [-0.2, 0) is 27.4 Å². The third kappa shape index (κ3) is 4.13. The van der Waals surface area contributed by atoms with Gasteiger partial charge < -0.3 is 9.47 Å². The van der Waals surface area contributed by atoms with Crippen LogP contribution < -0.4 is 0 Å². The zero-order valence-electron chi connectivity index (χ0n) is 18.5. The van der Waals surface area contributed by atoms with E-state index in [1.54, 1.807) is 18.5 Å². The second-order valence-electron chi connectivity index (χ2n) is 7.91. The van der Waals surface area contributed by atoms with E-state index in [9.17, 15) is 4.79 Å². The SMILES string of the molecule is CCn1ncc2ccc(-c3cc(COC(C)(C)C(=O)OC)nn3-c3ccccc3Cl)cc21. The Morgan fingerprint density at radius 3 is 2.66 bits per heavy atom. The van der Waals surface area contributed by atoms with Crippen molar-refractivity contribution in [1.29, 1.82) is 0 Å². The molecule has 0 saturated carbocycles. The van der Waals surface area contributed by atoms with E-state index in [0.29, 0.717) is 10.7 Å². The molecule has 7 nitrogen and oxygen atoms in total. The molecule has 2 heterocycles. The first kappa shape index (κ1) is 22.0. The molecular weight excluding hydrogens is 428 g/mol. The molecular formula is C24H25ClN4O3. The highest BCUT2D eigenvalue weighted by atomic mass is 35.5. The maximum absolute atomic E-state index is 12.0. The van der Waals surface area contributed by atoms with Crippen LogP contribution in [0.2, 0.25) is 5.02 Å². The molecule has 0 aliphatic heterocycles. The van der Waals surface area contributed by atoms with Gasteiger partial charge in [-0.2, -0.15) is 10.2 Å². The Morgan fingerprint density at radius 1 is 1.16 bits per heavy atom. The fourth-order valence-corrected chi connectivity index (χ4v) is 3.77. The number of rotatable bonds is 7. The molecule has 0 spiro atoms. The number of carbonyl (C=O) groups is 1. The smallest absolute Gasteiger partial charge is 0.337 e. The molecule has 0 fully saturated rings. The molecule has 2 aromatic carbocycles. The van der Waals surface area contributed by atoms with Gasteiger partial charge in [-0.15, -0.1) is 0 Å². The number of fused-ring (bicyclic) bond motifs is 1. The van der Waals surface area contributed by atoms with Gasteiger partial charge in [0, 0.05) is 17.5 Å². The van der Waals surface area contributed by atoms with E-state index < -0.39 is 11.6 Å². The highest BCUT2D eigenvalue weighted by Crippen LogP contribution is 2.30. The summed E-state index contributed by atoms with van der Waals surface area (Å²) >= 11 is 6.50. The zero-order valence-corrected chi connectivity index (χ0v) is 19.3. The van der Waals surface area contributed by atoms with E-state index in [2.05, 4.69) is 18.1 Å². The number of nitrogens with zero attached hydrogens (tertiary/aromatic N) is 4. The number of carbonyl (C=O) groups excluding carboxylic acids is 1. The van der Waals surface area contributed by atoms with Crippen molar-refractivity contribution in [3.8, 4) is 16.9 Å². The van der Waals surface area contributed by atoms with Crippen molar-refractivity contribution in [3.05, 3.63) is 65.4 Å². The molecule has 0 amide bonds. The summed E-state index contributed by atoms with van der Waals surface area (Å²) in [5.41, 5.74) is 3.21. The van der Waals surface area contributed by atoms with Crippen molar-refractivity contribution < 1.29 is 14.3 Å². The van der Waals surface area contributed by atoms with Gasteiger partial charge in [0.15, 0.2) is 5.60 Å². The molecule has 0 atom stereocenters. The Hall–Kier alpha value is -3.16. The molecule has 32 heavy (non-hydrogen) atoms. The summed E-state index contributed by atoms with van der Waals surface area (Å²) in [7, 11) is 1.34. The van der Waals surface area contributed by atoms with E-state index in [1.165, 1.54) is 7.11 Å². The second kappa shape index (κ2) is 8.76. The average molecular weight is 453 g/mol. The van der Waals surface area contributed by atoms with Gasteiger partial charge in [0.2, 0.25) is 0 Å². The topological polar surface area (TPSA) is 71.2 Å². The minimum atomic E-state index is -1.09. The third-order valence-corrected chi connectivity index (χ3v) is 5.66. The number of hydrogen-bond acceptors (Lipinski definition) is 5. The molecule has 4 rings (SSSR count). The van der Waals surface area contributed by atoms with E-state index in [-0.39, 0.29) is 6.61 Å². The number of aryl methyl sites for hydroxylation is 1. The van der Waals surface area contributed by atoms with Gasteiger partial charge in [0.05, 0.1) is 47.5 Å². The van der Waals surface area contributed by atoms with Crippen molar-refractivity contribution in [2.45, 2.75) is 39.5 Å². The summed E-state index contributed by atoms with van der Waals surface area (Å²) in [6.45, 7) is 6.32. The maximum atomic E-state index is 12.0. The molecule has 0 radical (unpaired) electrons. The molecule has 2 aromatic heterocycles. The van der Waals surface area contributed by atoms with Crippen molar-refractivity contribution in [2.75, 3.05) is 7.11 Å². The molecule has 4 aromatic rings. The van der Waals surface area contributed by atoms with Crippen molar-refractivity contribution >= 4 is 28.5 Å². The first-order chi connectivity index (χ1) is 15.3. The third-order valence-electron chi connectivity index (χ3n) is 5.34. The van der Waals surface area contributed by atoms with Gasteiger partial charge in [0.1, 0.15) is 0 Å². The van der Waals surface area contributed by atoms with Crippen LogP contribution in [-0.4, -0.2) is 38.2 Å². The van der Waals surface area contributed by atoms with Crippen LogP contribution >= 0.6 is 11.6 Å². The van der Waals surface area contributed by atoms with Gasteiger partial charge in [-0.3, -0.25) is 4.68 Å². The van der Waals surface area contributed by atoms with Crippen LogP contribution in [0, 0.1) is 0 Å². The number of aromatic nitrogens is 4. The van der Waals surface area contributed by atoms with E-state index in [0.717, 1.165) is 34.4 Å². The normalized spacial score (nSPS) is 11.8. The molecule has 0 N–H and O–H groups in total. The van der Waals surface area contributed by atoms with Gasteiger partial charge >= 0.3 is 5.97 Å². The monoisotopic (exact) mass is 452 g/mol. The summed E-state index contributed by atoms with van der Waals surface area (Å²) < 4.78 is 14.4. The van der Waals surface area contributed by atoms with Crippen LogP contribution in [0.3, 0.4) is 0 Å². The van der Waals surface area contributed by atoms with Crippen molar-refractivity contribution in [1.82, 2.24) is 19.6 Å². The first-order valence-electron chi connectivity index (χ1n) is 10.4. The summed E-state index contributed by atoms with van der Waals surface area (Å²) in [6.07, 6.45) is 1.86. The quantitative estimate of drug-likeness (QED) is 0.368. The predicted molar refractivity (Wildman–Crippen MR) is 124 cm³/mol. The van der Waals surface area contributed by atoms with E-state index in [1.807, 2.05) is 53.3 Å². The predicted octanol–water partition coefficient (Wildman–Crippen LogP) is 5.03. The lowest BCUT2D eigenvalue weighted by Crippen LogP contribution is -2.35. The highest BCUT2D eigenvalue weighted by Gasteiger charge is 2.30. The van der Waals surface area contributed by atoms with Gasteiger partial charge in [-0.1, -0.05) is 35.9 Å². The number of hydrogen-bond donors (Lipinski definition) is 0. The van der Waals surface area contributed by atoms with E-state index in [4.69, 9.17) is 26.2 Å². The largest absolute Gasteiger partial charge is 0.467 e. The zero-order chi connectivity index (χ0) is 22.9. The van der Waals surface area contributed by atoms with Crippen LogP contribution in [0.5, 0.6) is 0 Å². The standard InChI is InChI=1S/C24H25ClN4O3/c1-5-28-21-12-16(10-11-17(21)14-26-28)22-13-18(15-32-24(2,3)23(30)31-4)27-29(22)20-9-7-6-8-19(20)25/h6-14H,5,15H2,1-4H3. The molecule has 0 saturated heterocycles. The molecule has 166 valence electrons. The van der Waals surface area contributed by atoms with Gasteiger partial charge in [-0.25, -0.2) is 9.48 Å². The Labute approximate surface area is 191 Å². The number of esters is 1. The number of benzene rings is 2. The minimum absolute atomic E-state index is 0.141. The Bertz CT molecular complexity index is 1280. The van der Waals surface area contributed by atoms with Crippen LogP contribution in [0.4, 0.5) is 0 Å². The van der Waals surface area contributed by atoms with Crippen LogP contribution in [0.1, 0.15) is 26.5 Å². The number of halogens is 1. The lowest BCUT2D eigenvalue weighted by atomic mass is 10.1. The minimum Gasteiger partial charge on any atom is -0.467 e. The van der Waals surface area contributed by atoms with Crippen molar-refractivity contribution in [3.63, 3.8) is 0 Å². The molecule has 8 heteroatoms. The van der Waals surface area contributed by atoms with Gasteiger partial charge in [0.25, 0.3) is 0 Å². The fourth-order valence-electron chi connectivity index (χ4n) is 3.55. The lowest BCUT2D eigenvalue weighted by molar-refractivity contribution is -0.166. The average Bonchev–Trinajstić information content (AvgIpc) is 3.41. The number of para-hydroxylation sites is 1. The Morgan fingerprint density at radius 2 is 1.94 bits per heavy atom. The Balaban J connectivity index is 1.79. The van der Waals surface area contributed by atoms with Crippen LogP contribution in [0.15, 0.2) is 54.7 Å².